The number of aryl methyl sites for hydroxylation is 1. The van der Waals surface area contributed by atoms with Crippen molar-refractivity contribution in [3.8, 4) is 17.2 Å². The van der Waals surface area contributed by atoms with E-state index in [0.717, 1.165) is 23.2 Å². The topological polar surface area (TPSA) is 52.1 Å². The molecule has 6 heteroatoms. The first kappa shape index (κ1) is 18.9. The Hall–Kier alpha value is -2.40. The lowest BCUT2D eigenvalue weighted by atomic mass is 10.2. The molecule has 0 heterocycles. The first-order chi connectivity index (χ1) is 12.1. The van der Waals surface area contributed by atoms with Gasteiger partial charge in [0.25, 0.3) is 0 Å². The molecular weight excluding hydrogens is 340 g/mol. The van der Waals surface area contributed by atoms with Crippen molar-refractivity contribution in [2.24, 2.45) is 5.10 Å². The summed E-state index contributed by atoms with van der Waals surface area (Å²) in [5, 5.41) is 4.94. The summed E-state index contributed by atoms with van der Waals surface area (Å²) in [4.78, 5) is 0. The molecule has 2 aromatic rings. The van der Waals surface area contributed by atoms with Crippen molar-refractivity contribution >= 4 is 23.5 Å². The van der Waals surface area contributed by atoms with Gasteiger partial charge in [-0.05, 0) is 43.2 Å². The molecule has 134 valence electrons. The molecule has 0 bridgehead atoms. The van der Waals surface area contributed by atoms with E-state index >= 15 is 0 Å². The summed E-state index contributed by atoms with van der Waals surface area (Å²) < 4.78 is 16.6. The second-order valence-corrected chi connectivity index (χ2v) is 5.84. The van der Waals surface area contributed by atoms with Crippen LogP contribution in [-0.4, -0.2) is 27.0 Å². The third-order valence-corrected chi connectivity index (χ3v) is 3.92. The zero-order valence-corrected chi connectivity index (χ0v) is 15.7. The molecule has 0 saturated carbocycles. The van der Waals surface area contributed by atoms with Crippen molar-refractivity contribution < 1.29 is 14.2 Å². The Morgan fingerprint density at radius 1 is 1.12 bits per heavy atom. The maximum atomic E-state index is 6.11. The molecule has 0 radical (unpaired) electrons. The van der Waals surface area contributed by atoms with Crippen LogP contribution in [0, 0.1) is 6.92 Å². The van der Waals surface area contributed by atoms with Gasteiger partial charge in [-0.15, -0.1) is 0 Å². The van der Waals surface area contributed by atoms with Crippen LogP contribution in [0.25, 0.3) is 0 Å². The van der Waals surface area contributed by atoms with Gasteiger partial charge < -0.3 is 14.2 Å². The number of hydrogen-bond acceptors (Lipinski definition) is 5. The molecule has 0 aliphatic rings. The maximum absolute atomic E-state index is 6.11. The quantitative estimate of drug-likeness (QED) is 0.536. The summed E-state index contributed by atoms with van der Waals surface area (Å²) in [6.07, 6.45) is 2.58. The lowest BCUT2D eigenvalue weighted by Crippen LogP contribution is -2.01. The Labute approximate surface area is 153 Å². The van der Waals surface area contributed by atoms with Crippen LogP contribution in [0.2, 0.25) is 5.02 Å². The Bertz CT molecular complexity index is 722. The highest BCUT2D eigenvalue weighted by molar-refractivity contribution is 6.31. The molecule has 0 unspecified atom stereocenters. The van der Waals surface area contributed by atoms with Gasteiger partial charge in [0, 0.05) is 10.6 Å². The molecule has 0 amide bonds. The molecule has 1 N–H and O–H groups in total. The van der Waals surface area contributed by atoms with Gasteiger partial charge >= 0.3 is 0 Å². The molecule has 25 heavy (non-hydrogen) atoms. The molecule has 0 spiro atoms. The number of methoxy groups -OCH3 is 2. The first-order valence-corrected chi connectivity index (χ1v) is 8.40. The predicted octanol–water partition coefficient (Wildman–Crippen LogP) is 4.90. The highest BCUT2D eigenvalue weighted by Gasteiger charge is 2.13. The molecule has 0 aliphatic heterocycles. The van der Waals surface area contributed by atoms with E-state index in [1.165, 1.54) is 0 Å². The van der Waals surface area contributed by atoms with Gasteiger partial charge in [-0.25, -0.2) is 0 Å². The van der Waals surface area contributed by atoms with Crippen molar-refractivity contribution in [1.29, 1.82) is 0 Å². The molecular formula is C19H23ClN2O3. The van der Waals surface area contributed by atoms with Crippen LogP contribution in [0.4, 0.5) is 5.69 Å². The number of nitrogens with one attached hydrogen (secondary N) is 1. The Kier molecular flexibility index (Phi) is 6.95. The highest BCUT2D eigenvalue weighted by Crippen LogP contribution is 2.38. The number of nitrogens with zero attached hydrogens (tertiary/aromatic N) is 1. The molecule has 2 rings (SSSR count). The number of hydrogen-bond donors (Lipinski definition) is 1. The Balaban J connectivity index is 2.19. The summed E-state index contributed by atoms with van der Waals surface area (Å²) in [5.41, 5.74) is 5.61. The van der Waals surface area contributed by atoms with Crippen LogP contribution in [-0.2, 0) is 0 Å². The fourth-order valence-electron chi connectivity index (χ4n) is 2.16. The third kappa shape index (κ3) is 5.03. The number of halogens is 1. The summed E-state index contributed by atoms with van der Waals surface area (Å²) in [6, 6.07) is 9.38. The SMILES string of the molecule is CCCOc1c(OC)cc(/C=N/Nc2ccc(C)c(Cl)c2)cc1OC. The van der Waals surface area contributed by atoms with Gasteiger partial charge in [0.05, 0.1) is 32.7 Å². The summed E-state index contributed by atoms with van der Waals surface area (Å²) in [6.45, 7) is 4.59. The number of anilines is 1. The number of ether oxygens (including phenoxy) is 3. The fourth-order valence-corrected chi connectivity index (χ4v) is 2.35. The molecule has 2 aromatic carbocycles. The van der Waals surface area contributed by atoms with Crippen molar-refractivity contribution in [2.45, 2.75) is 20.3 Å². The second-order valence-electron chi connectivity index (χ2n) is 5.44. The molecule has 0 atom stereocenters. The van der Waals surface area contributed by atoms with E-state index in [-0.39, 0.29) is 0 Å². The van der Waals surface area contributed by atoms with Crippen molar-refractivity contribution in [3.63, 3.8) is 0 Å². The minimum Gasteiger partial charge on any atom is -0.493 e. The zero-order chi connectivity index (χ0) is 18.2. The lowest BCUT2D eigenvalue weighted by Gasteiger charge is -2.14. The van der Waals surface area contributed by atoms with E-state index in [4.69, 9.17) is 25.8 Å². The average Bonchev–Trinajstić information content (AvgIpc) is 2.62. The van der Waals surface area contributed by atoms with Crippen molar-refractivity contribution in [3.05, 3.63) is 46.5 Å². The van der Waals surface area contributed by atoms with E-state index in [1.807, 2.05) is 44.2 Å². The Morgan fingerprint density at radius 3 is 2.36 bits per heavy atom. The van der Waals surface area contributed by atoms with Gasteiger partial charge in [0.1, 0.15) is 0 Å². The monoisotopic (exact) mass is 362 g/mol. The summed E-state index contributed by atoms with van der Waals surface area (Å²) in [5.74, 6) is 1.81. The van der Waals surface area contributed by atoms with Gasteiger partial charge in [-0.2, -0.15) is 5.10 Å². The number of benzene rings is 2. The first-order valence-electron chi connectivity index (χ1n) is 8.03. The van der Waals surface area contributed by atoms with Gasteiger partial charge in [-0.1, -0.05) is 24.6 Å². The van der Waals surface area contributed by atoms with Crippen LogP contribution in [0.3, 0.4) is 0 Å². The van der Waals surface area contributed by atoms with Crippen LogP contribution in [0.1, 0.15) is 24.5 Å². The fraction of sp³-hybridized carbons (Fsp3) is 0.316. The van der Waals surface area contributed by atoms with Crippen LogP contribution < -0.4 is 19.6 Å². The van der Waals surface area contributed by atoms with Gasteiger partial charge in [-0.3, -0.25) is 5.43 Å². The normalized spacial score (nSPS) is 10.8. The molecule has 0 aliphatic carbocycles. The largest absolute Gasteiger partial charge is 0.493 e. The molecule has 5 nitrogen and oxygen atoms in total. The minimum atomic E-state index is 0.593. The van der Waals surface area contributed by atoms with Crippen LogP contribution >= 0.6 is 11.6 Å². The summed E-state index contributed by atoms with van der Waals surface area (Å²) in [7, 11) is 3.20. The van der Waals surface area contributed by atoms with E-state index in [0.29, 0.717) is 28.9 Å². The van der Waals surface area contributed by atoms with Crippen molar-refractivity contribution in [2.75, 3.05) is 26.3 Å². The molecule has 0 saturated heterocycles. The predicted molar refractivity (Wildman–Crippen MR) is 103 cm³/mol. The Morgan fingerprint density at radius 2 is 1.80 bits per heavy atom. The lowest BCUT2D eigenvalue weighted by molar-refractivity contribution is 0.275. The van der Waals surface area contributed by atoms with E-state index < -0.39 is 0 Å². The molecule has 0 aromatic heterocycles. The number of hydrazone groups is 1. The average molecular weight is 363 g/mol. The summed E-state index contributed by atoms with van der Waals surface area (Å²) >= 11 is 6.11. The van der Waals surface area contributed by atoms with Gasteiger partial charge in [0.15, 0.2) is 11.5 Å². The highest BCUT2D eigenvalue weighted by atomic mass is 35.5. The molecule has 0 fully saturated rings. The van der Waals surface area contributed by atoms with Crippen LogP contribution in [0.5, 0.6) is 17.2 Å². The number of rotatable bonds is 8. The van der Waals surface area contributed by atoms with Gasteiger partial charge in [0.2, 0.25) is 5.75 Å². The second kappa shape index (κ2) is 9.18. The zero-order valence-electron chi connectivity index (χ0n) is 14.9. The smallest absolute Gasteiger partial charge is 0.203 e. The maximum Gasteiger partial charge on any atom is 0.203 e. The minimum absolute atomic E-state index is 0.593. The standard InChI is InChI=1S/C19H23ClN2O3/c1-5-8-25-19-17(23-3)9-14(10-18(19)24-4)12-21-22-15-7-6-13(2)16(20)11-15/h6-7,9-12,22H,5,8H2,1-4H3/b21-12+. The van der Waals surface area contributed by atoms with Crippen LogP contribution in [0.15, 0.2) is 35.4 Å². The van der Waals surface area contributed by atoms with E-state index in [9.17, 15) is 0 Å². The van der Waals surface area contributed by atoms with E-state index in [1.54, 1.807) is 20.4 Å². The van der Waals surface area contributed by atoms with Crippen molar-refractivity contribution in [1.82, 2.24) is 0 Å². The third-order valence-electron chi connectivity index (χ3n) is 3.51. The van der Waals surface area contributed by atoms with E-state index in [2.05, 4.69) is 10.5 Å².